The van der Waals surface area contributed by atoms with Crippen molar-refractivity contribution in [1.29, 1.82) is 0 Å². The fourth-order valence-electron chi connectivity index (χ4n) is 3.74. The van der Waals surface area contributed by atoms with Gasteiger partial charge in [-0.05, 0) is 62.8 Å². The van der Waals surface area contributed by atoms with Crippen LogP contribution in [0.3, 0.4) is 0 Å². The predicted molar refractivity (Wildman–Crippen MR) is 108 cm³/mol. The molecule has 166 valence electrons. The fraction of sp³-hybridized carbons (Fsp3) is 0.571. The van der Waals surface area contributed by atoms with Gasteiger partial charge in [0.15, 0.2) is 0 Å². The standard InChI is InChI=1S/C21H30FN3O5/c22-15-9-6-14(7-10-15)8-11-17(20(27)28)24-16(4-1-2-12-23)19(26)25-13-3-5-18(25)21(29)30/h6-7,9-10,16-18,24H,1-5,8,11-13,23H2,(H,27,28)(H,29,30). The van der Waals surface area contributed by atoms with Crippen molar-refractivity contribution in [2.75, 3.05) is 13.1 Å². The molecule has 0 aliphatic carbocycles. The van der Waals surface area contributed by atoms with E-state index in [-0.39, 0.29) is 18.1 Å². The third-order valence-electron chi connectivity index (χ3n) is 5.40. The van der Waals surface area contributed by atoms with Gasteiger partial charge >= 0.3 is 11.9 Å². The zero-order valence-electron chi connectivity index (χ0n) is 16.9. The molecule has 8 nitrogen and oxygen atoms in total. The average Bonchev–Trinajstić information content (AvgIpc) is 3.20. The van der Waals surface area contributed by atoms with Crippen LogP contribution in [0.5, 0.6) is 0 Å². The maximum Gasteiger partial charge on any atom is 0.326 e. The monoisotopic (exact) mass is 423 g/mol. The van der Waals surface area contributed by atoms with Crippen molar-refractivity contribution in [1.82, 2.24) is 10.2 Å². The van der Waals surface area contributed by atoms with E-state index < -0.39 is 30.1 Å². The minimum absolute atomic E-state index is 0.212. The van der Waals surface area contributed by atoms with Crippen molar-refractivity contribution in [3.63, 3.8) is 0 Å². The summed E-state index contributed by atoms with van der Waals surface area (Å²) in [6, 6.07) is 3.16. The molecule has 3 atom stereocenters. The van der Waals surface area contributed by atoms with Crippen LogP contribution >= 0.6 is 0 Å². The molecule has 3 unspecified atom stereocenters. The number of amides is 1. The van der Waals surface area contributed by atoms with Crippen molar-refractivity contribution in [3.05, 3.63) is 35.6 Å². The lowest BCUT2D eigenvalue weighted by Gasteiger charge is -2.29. The van der Waals surface area contributed by atoms with E-state index in [1.54, 1.807) is 12.1 Å². The number of aliphatic carboxylic acids is 2. The van der Waals surface area contributed by atoms with E-state index in [4.69, 9.17) is 5.73 Å². The van der Waals surface area contributed by atoms with E-state index in [9.17, 15) is 29.0 Å². The highest BCUT2D eigenvalue weighted by molar-refractivity contribution is 5.88. The zero-order chi connectivity index (χ0) is 22.1. The predicted octanol–water partition coefficient (Wildman–Crippen LogP) is 1.37. The molecular formula is C21H30FN3O5. The molecule has 1 fully saturated rings. The topological polar surface area (TPSA) is 133 Å². The normalized spacial score (nSPS) is 18.2. The minimum Gasteiger partial charge on any atom is -0.480 e. The molecule has 9 heteroatoms. The van der Waals surface area contributed by atoms with Crippen LogP contribution in [-0.2, 0) is 20.8 Å². The first-order valence-corrected chi connectivity index (χ1v) is 10.3. The number of carbonyl (C=O) groups is 3. The van der Waals surface area contributed by atoms with Gasteiger partial charge in [-0.3, -0.25) is 14.9 Å². The van der Waals surface area contributed by atoms with Crippen LogP contribution in [0.4, 0.5) is 4.39 Å². The number of nitrogens with zero attached hydrogens (tertiary/aromatic N) is 1. The summed E-state index contributed by atoms with van der Waals surface area (Å²) in [5, 5.41) is 22.0. The summed E-state index contributed by atoms with van der Waals surface area (Å²) in [6.45, 7) is 0.799. The molecule has 30 heavy (non-hydrogen) atoms. The fourth-order valence-corrected chi connectivity index (χ4v) is 3.74. The van der Waals surface area contributed by atoms with Gasteiger partial charge in [0.05, 0.1) is 6.04 Å². The summed E-state index contributed by atoms with van der Waals surface area (Å²) in [5.41, 5.74) is 6.33. The van der Waals surface area contributed by atoms with Gasteiger partial charge in [0.25, 0.3) is 0 Å². The Morgan fingerprint density at radius 2 is 1.83 bits per heavy atom. The van der Waals surface area contributed by atoms with Crippen molar-refractivity contribution in [2.45, 2.75) is 63.1 Å². The number of carbonyl (C=O) groups excluding carboxylic acids is 1. The Bertz CT molecular complexity index is 728. The zero-order valence-corrected chi connectivity index (χ0v) is 16.9. The lowest BCUT2D eigenvalue weighted by molar-refractivity contribution is -0.149. The van der Waals surface area contributed by atoms with E-state index in [0.29, 0.717) is 51.6 Å². The Morgan fingerprint density at radius 1 is 1.13 bits per heavy atom. The van der Waals surface area contributed by atoms with E-state index >= 15 is 0 Å². The molecule has 5 N–H and O–H groups in total. The largest absolute Gasteiger partial charge is 0.480 e. The number of carboxylic acids is 2. The number of aryl methyl sites for hydroxylation is 1. The van der Waals surface area contributed by atoms with E-state index in [1.807, 2.05) is 0 Å². The summed E-state index contributed by atoms with van der Waals surface area (Å²) in [7, 11) is 0. The molecule has 1 heterocycles. The number of likely N-dealkylation sites (tertiary alicyclic amines) is 1. The highest BCUT2D eigenvalue weighted by atomic mass is 19.1. The molecule has 1 aliphatic rings. The van der Waals surface area contributed by atoms with Gasteiger partial charge < -0.3 is 20.8 Å². The molecule has 1 aromatic carbocycles. The van der Waals surface area contributed by atoms with Crippen LogP contribution in [0.25, 0.3) is 0 Å². The van der Waals surface area contributed by atoms with E-state index in [1.165, 1.54) is 17.0 Å². The van der Waals surface area contributed by atoms with Gasteiger partial charge in [0.2, 0.25) is 5.91 Å². The summed E-state index contributed by atoms with van der Waals surface area (Å²) in [5.74, 6) is -2.89. The Kier molecular flexibility index (Phi) is 9.19. The van der Waals surface area contributed by atoms with Crippen LogP contribution in [0.15, 0.2) is 24.3 Å². The lowest BCUT2D eigenvalue weighted by Crippen LogP contribution is -2.54. The maximum atomic E-state index is 13.1. The number of nitrogens with two attached hydrogens (primary N) is 1. The number of hydrogen-bond donors (Lipinski definition) is 4. The lowest BCUT2D eigenvalue weighted by atomic mass is 10.0. The van der Waals surface area contributed by atoms with Crippen molar-refractivity contribution in [2.24, 2.45) is 5.73 Å². The second-order valence-electron chi connectivity index (χ2n) is 7.59. The summed E-state index contributed by atoms with van der Waals surface area (Å²) in [4.78, 5) is 37.7. The molecular weight excluding hydrogens is 393 g/mol. The Labute approximate surface area is 175 Å². The molecule has 0 aromatic heterocycles. The van der Waals surface area contributed by atoms with E-state index in [2.05, 4.69) is 5.32 Å². The number of unbranched alkanes of at least 4 members (excludes halogenated alkanes) is 1. The SMILES string of the molecule is NCCCCC(NC(CCc1ccc(F)cc1)C(=O)O)C(=O)N1CCCC1C(=O)O. The van der Waals surface area contributed by atoms with Gasteiger partial charge in [-0.25, -0.2) is 9.18 Å². The molecule has 0 bridgehead atoms. The van der Waals surface area contributed by atoms with Crippen LogP contribution in [-0.4, -0.2) is 64.2 Å². The molecule has 0 spiro atoms. The minimum atomic E-state index is -1.09. The van der Waals surface area contributed by atoms with Crippen molar-refractivity contribution >= 4 is 17.8 Å². The van der Waals surface area contributed by atoms with Crippen LogP contribution in [0, 0.1) is 5.82 Å². The highest BCUT2D eigenvalue weighted by Crippen LogP contribution is 2.20. The number of carboxylic acid groups (broad SMARTS) is 2. The molecule has 2 rings (SSSR count). The molecule has 1 saturated heterocycles. The van der Waals surface area contributed by atoms with Crippen molar-refractivity contribution < 1.29 is 29.0 Å². The first-order chi connectivity index (χ1) is 14.3. The molecule has 1 aliphatic heterocycles. The number of halogens is 1. The quantitative estimate of drug-likeness (QED) is 0.373. The summed E-state index contributed by atoms with van der Waals surface area (Å²) >= 11 is 0. The maximum absolute atomic E-state index is 13.1. The first kappa shape index (κ1) is 23.8. The van der Waals surface area contributed by atoms with Gasteiger partial charge in [-0.1, -0.05) is 18.6 Å². The number of benzene rings is 1. The molecule has 0 saturated carbocycles. The van der Waals surface area contributed by atoms with Gasteiger partial charge in [0.1, 0.15) is 17.9 Å². The first-order valence-electron chi connectivity index (χ1n) is 10.3. The third-order valence-corrected chi connectivity index (χ3v) is 5.40. The summed E-state index contributed by atoms with van der Waals surface area (Å²) in [6.07, 6.45) is 3.28. The molecule has 1 aromatic rings. The van der Waals surface area contributed by atoms with Gasteiger partial charge in [-0.15, -0.1) is 0 Å². The van der Waals surface area contributed by atoms with Crippen molar-refractivity contribution in [3.8, 4) is 0 Å². The van der Waals surface area contributed by atoms with Crippen LogP contribution in [0.2, 0.25) is 0 Å². The Balaban J connectivity index is 2.08. The van der Waals surface area contributed by atoms with Gasteiger partial charge in [-0.2, -0.15) is 0 Å². The van der Waals surface area contributed by atoms with E-state index in [0.717, 1.165) is 5.56 Å². The second-order valence-corrected chi connectivity index (χ2v) is 7.59. The number of rotatable bonds is 12. The second kappa shape index (κ2) is 11.6. The third kappa shape index (κ3) is 6.77. The average molecular weight is 423 g/mol. The highest BCUT2D eigenvalue weighted by Gasteiger charge is 2.38. The molecule has 0 radical (unpaired) electrons. The van der Waals surface area contributed by atoms with Crippen LogP contribution < -0.4 is 11.1 Å². The Morgan fingerprint density at radius 3 is 2.43 bits per heavy atom. The smallest absolute Gasteiger partial charge is 0.326 e. The number of hydrogen-bond acceptors (Lipinski definition) is 5. The molecule has 1 amide bonds. The number of nitrogens with one attached hydrogen (secondary N) is 1. The van der Waals surface area contributed by atoms with Gasteiger partial charge in [0, 0.05) is 6.54 Å². The summed E-state index contributed by atoms with van der Waals surface area (Å²) < 4.78 is 13.1. The van der Waals surface area contributed by atoms with Crippen LogP contribution in [0.1, 0.15) is 44.1 Å². The Hall–Kier alpha value is -2.52.